The minimum absolute atomic E-state index is 0.149. The Morgan fingerprint density at radius 2 is 1.59 bits per heavy atom. The molecular formula is C14H8Cl5NOS. The quantitative estimate of drug-likeness (QED) is 0.445. The third-order valence-electron chi connectivity index (χ3n) is 2.54. The molecule has 22 heavy (non-hydrogen) atoms. The molecule has 0 aliphatic rings. The van der Waals surface area contributed by atoms with Gasteiger partial charge in [0.15, 0.2) is 0 Å². The van der Waals surface area contributed by atoms with E-state index >= 15 is 0 Å². The Hall–Kier alpha value is -0.290. The van der Waals surface area contributed by atoms with Crippen molar-refractivity contribution in [2.24, 2.45) is 0 Å². The average molecular weight is 416 g/mol. The SMILES string of the molecule is O=C(CSc1cc(Cl)c(Cl)cc1Cl)Nc1ccc(Cl)cc1Cl. The van der Waals surface area contributed by atoms with Gasteiger partial charge in [-0.2, -0.15) is 0 Å². The second-order valence-electron chi connectivity index (χ2n) is 4.16. The molecule has 0 atom stereocenters. The number of nitrogens with one attached hydrogen (secondary N) is 1. The molecule has 0 aromatic heterocycles. The first-order valence-corrected chi connectivity index (χ1v) is 8.76. The Morgan fingerprint density at radius 3 is 2.27 bits per heavy atom. The maximum absolute atomic E-state index is 12.0. The van der Waals surface area contributed by atoms with Gasteiger partial charge < -0.3 is 5.32 Å². The van der Waals surface area contributed by atoms with Gasteiger partial charge in [-0.3, -0.25) is 4.79 Å². The van der Waals surface area contributed by atoms with Crippen molar-refractivity contribution < 1.29 is 4.79 Å². The topological polar surface area (TPSA) is 29.1 Å². The van der Waals surface area contributed by atoms with Crippen molar-refractivity contribution in [1.82, 2.24) is 0 Å². The van der Waals surface area contributed by atoms with E-state index in [1.54, 1.807) is 30.3 Å². The van der Waals surface area contributed by atoms with Gasteiger partial charge in [-0.15, -0.1) is 11.8 Å². The van der Waals surface area contributed by atoms with Crippen LogP contribution in [0.25, 0.3) is 0 Å². The van der Waals surface area contributed by atoms with Crippen molar-refractivity contribution in [2.75, 3.05) is 11.1 Å². The van der Waals surface area contributed by atoms with E-state index in [-0.39, 0.29) is 11.7 Å². The van der Waals surface area contributed by atoms with E-state index in [4.69, 9.17) is 58.0 Å². The van der Waals surface area contributed by atoms with Crippen molar-refractivity contribution >= 4 is 81.4 Å². The highest BCUT2D eigenvalue weighted by Crippen LogP contribution is 2.35. The molecule has 2 aromatic carbocycles. The molecule has 0 aliphatic carbocycles. The largest absolute Gasteiger partial charge is 0.324 e. The summed E-state index contributed by atoms with van der Waals surface area (Å²) in [6.07, 6.45) is 0. The van der Waals surface area contributed by atoms with Crippen LogP contribution >= 0.6 is 69.8 Å². The molecule has 1 N–H and O–H groups in total. The van der Waals surface area contributed by atoms with Crippen LogP contribution in [0.3, 0.4) is 0 Å². The fourth-order valence-corrected chi connectivity index (χ4v) is 3.52. The molecule has 0 saturated carbocycles. The number of amides is 1. The molecule has 0 aliphatic heterocycles. The van der Waals surface area contributed by atoms with Gasteiger partial charge in [-0.25, -0.2) is 0 Å². The van der Waals surface area contributed by atoms with Crippen molar-refractivity contribution in [3.05, 3.63) is 55.4 Å². The number of halogens is 5. The molecule has 0 radical (unpaired) electrons. The van der Waals surface area contributed by atoms with Gasteiger partial charge in [0.25, 0.3) is 0 Å². The Balaban J connectivity index is 2.00. The number of carbonyl (C=O) groups excluding carboxylic acids is 1. The first-order valence-electron chi connectivity index (χ1n) is 5.89. The van der Waals surface area contributed by atoms with Crippen molar-refractivity contribution in [2.45, 2.75) is 4.90 Å². The summed E-state index contributed by atoms with van der Waals surface area (Å²) >= 11 is 30.9. The van der Waals surface area contributed by atoms with Crippen LogP contribution in [0.4, 0.5) is 5.69 Å². The van der Waals surface area contributed by atoms with Crippen molar-refractivity contribution in [1.29, 1.82) is 0 Å². The minimum Gasteiger partial charge on any atom is -0.324 e. The van der Waals surface area contributed by atoms with Crippen molar-refractivity contribution in [3.8, 4) is 0 Å². The lowest BCUT2D eigenvalue weighted by Crippen LogP contribution is -2.14. The van der Waals surface area contributed by atoms with Crippen LogP contribution in [0, 0.1) is 0 Å². The van der Waals surface area contributed by atoms with E-state index in [1.807, 2.05) is 0 Å². The number of benzene rings is 2. The summed E-state index contributed by atoms with van der Waals surface area (Å²) in [6, 6.07) is 8.01. The zero-order chi connectivity index (χ0) is 16.3. The monoisotopic (exact) mass is 413 g/mol. The van der Waals surface area contributed by atoms with E-state index < -0.39 is 0 Å². The summed E-state index contributed by atoms with van der Waals surface area (Å²) in [5.74, 6) is -0.0762. The molecule has 2 rings (SSSR count). The molecule has 8 heteroatoms. The number of hydrogen-bond donors (Lipinski definition) is 1. The predicted molar refractivity (Wildman–Crippen MR) is 97.3 cm³/mol. The summed E-state index contributed by atoms with van der Waals surface area (Å²) in [6.45, 7) is 0. The molecule has 2 aromatic rings. The molecular weight excluding hydrogens is 407 g/mol. The Labute approximate surface area is 157 Å². The highest BCUT2D eigenvalue weighted by molar-refractivity contribution is 8.00. The number of rotatable bonds is 4. The summed E-state index contributed by atoms with van der Waals surface area (Å²) in [4.78, 5) is 12.6. The Morgan fingerprint density at radius 1 is 0.909 bits per heavy atom. The number of carbonyl (C=O) groups is 1. The van der Waals surface area contributed by atoms with E-state index in [0.29, 0.717) is 35.7 Å². The Bertz CT molecular complexity index is 723. The van der Waals surface area contributed by atoms with Gasteiger partial charge in [0.2, 0.25) is 5.91 Å². The standard InChI is InChI=1S/C14H8Cl5NOS/c15-7-1-2-12(10(18)3-7)20-14(21)6-22-13-5-9(17)8(16)4-11(13)19/h1-5H,6H2,(H,20,21). The lowest BCUT2D eigenvalue weighted by Gasteiger charge is -2.09. The molecule has 0 bridgehead atoms. The first-order chi connectivity index (χ1) is 10.4. The summed E-state index contributed by atoms with van der Waals surface area (Å²) in [5.41, 5.74) is 0.497. The number of thioether (sulfide) groups is 1. The zero-order valence-electron chi connectivity index (χ0n) is 10.8. The molecule has 2 nitrogen and oxygen atoms in total. The van der Waals surface area contributed by atoms with Crippen molar-refractivity contribution in [3.63, 3.8) is 0 Å². The van der Waals surface area contributed by atoms with Crippen LogP contribution in [-0.2, 0) is 4.79 Å². The fraction of sp³-hybridized carbons (Fsp3) is 0.0714. The van der Waals surface area contributed by atoms with Crippen LogP contribution in [0.15, 0.2) is 35.2 Å². The maximum Gasteiger partial charge on any atom is 0.234 e. The Kier molecular flexibility index (Phi) is 6.57. The van der Waals surface area contributed by atoms with Crippen LogP contribution in [0.5, 0.6) is 0 Å². The zero-order valence-corrected chi connectivity index (χ0v) is 15.4. The van der Waals surface area contributed by atoms with Crippen LogP contribution in [0.1, 0.15) is 0 Å². The average Bonchev–Trinajstić information content (AvgIpc) is 2.44. The van der Waals surface area contributed by atoms with Gasteiger partial charge in [-0.1, -0.05) is 58.0 Å². The van der Waals surface area contributed by atoms with Crippen LogP contribution < -0.4 is 5.32 Å². The first kappa shape index (κ1) is 18.1. The lowest BCUT2D eigenvalue weighted by atomic mass is 10.3. The molecule has 0 saturated heterocycles. The van der Waals surface area contributed by atoms with E-state index in [9.17, 15) is 4.79 Å². The predicted octanol–water partition coefficient (Wildman–Crippen LogP) is 6.68. The number of anilines is 1. The summed E-state index contributed by atoms with van der Waals surface area (Å²) < 4.78 is 0. The fourth-order valence-electron chi connectivity index (χ4n) is 1.54. The smallest absolute Gasteiger partial charge is 0.234 e. The third kappa shape index (κ3) is 4.85. The normalized spacial score (nSPS) is 10.6. The molecule has 0 unspecified atom stereocenters. The van der Waals surface area contributed by atoms with Gasteiger partial charge >= 0.3 is 0 Å². The van der Waals surface area contributed by atoms with Gasteiger partial charge in [0.05, 0.1) is 31.5 Å². The lowest BCUT2D eigenvalue weighted by molar-refractivity contribution is -0.113. The second kappa shape index (κ2) is 8.00. The number of hydrogen-bond acceptors (Lipinski definition) is 2. The van der Waals surface area contributed by atoms with Gasteiger partial charge in [-0.05, 0) is 30.3 Å². The highest BCUT2D eigenvalue weighted by atomic mass is 35.5. The van der Waals surface area contributed by atoms with Gasteiger partial charge in [0.1, 0.15) is 0 Å². The van der Waals surface area contributed by atoms with Gasteiger partial charge in [0, 0.05) is 9.92 Å². The molecule has 0 spiro atoms. The minimum atomic E-state index is -0.226. The van der Waals surface area contributed by atoms with Crippen LogP contribution in [-0.4, -0.2) is 11.7 Å². The molecule has 1 amide bonds. The molecule has 0 fully saturated rings. The van der Waals surface area contributed by atoms with E-state index in [2.05, 4.69) is 5.32 Å². The summed E-state index contributed by atoms with van der Waals surface area (Å²) in [7, 11) is 0. The maximum atomic E-state index is 12.0. The van der Waals surface area contributed by atoms with E-state index in [1.165, 1.54) is 11.8 Å². The van der Waals surface area contributed by atoms with Crippen LogP contribution in [0.2, 0.25) is 25.1 Å². The second-order valence-corrected chi connectivity index (χ2v) is 7.24. The third-order valence-corrected chi connectivity index (χ3v) is 5.29. The molecule has 0 heterocycles. The highest BCUT2D eigenvalue weighted by Gasteiger charge is 2.11. The van der Waals surface area contributed by atoms with E-state index in [0.717, 1.165) is 0 Å². The molecule has 116 valence electrons. The summed E-state index contributed by atoms with van der Waals surface area (Å²) in [5, 5.41) is 4.77.